The first-order chi connectivity index (χ1) is 13.8. The number of aliphatic hydroxyl groups is 1. The third-order valence-electron chi connectivity index (χ3n) is 6.33. The molecule has 2 aliphatic rings. The van der Waals surface area contributed by atoms with Crippen molar-refractivity contribution in [2.24, 2.45) is 0 Å². The number of nitrogens with zero attached hydrogens (tertiary/aromatic N) is 2. The minimum Gasteiger partial charge on any atom is -0.458 e. The predicted molar refractivity (Wildman–Crippen MR) is 104 cm³/mol. The van der Waals surface area contributed by atoms with Gasteiger partial charge in [0.15, 0.2) is 5.60 Å². The molecule has 0 saturated carbocycles. The fourth-order valence-corrected chi connectivity index (χ4v) is 4.35. The van der Waals surface area contributed by atoms with E-state index in [1.807, 2.05) is 13.0 Å². The smallest absolute Gasteiger partial charge is 0.343 e. The summed E-state index contributed by atoms with van der Waals surface area (Å²) in [7, 11) is 0. The Morgan fingerprint density at radius 1 is 1.24 bits per heavy atom. The predicted octanol–water partition coefficient (Wildman–Crippen LogP) is 2.84. The maximum atomic E-state index is 14.3. The van der Waals surface area contributed by atoms with Crippen LogP contribution < -0.4 is 5.56 Å². The highest BCUT2D eigenvalue weighted by atomic mass is 19.1. The van der Waals surface area contributed by atoms with Gasteiger partial charge in [-0.05, 0) is 43.5 Å². The van der Waals surface area contributed by atoms with Crippen molar-refractivity contribution >= 4 is 16.9 Å². The zero-order chi connectivity index (χ0) is 20.7. The number of carbonyl (C=O) groups excluding carboxylic acids is 1. The summed E-state index contributed by atoms with van der Waals surface area (Å²) >= 11 is 0. The Bertz CT molecular complexity index is 1310. The standard InChI is InChI=1S/C22H19FN2O4/c1-4-22(28)15-6-18-19-12(8-25(18)20(26)14(15)9-29-21(22)27)5-13-10(2)11(3)16(23)7-17(13)24-19/h5-7,28H,4,8-9H2,1-3H3/t22-/m0/s1. The number of hydrogen-bond donors (Lipinski definition) is 1. The quantitative estimate of drug-likeness (QED) is 0.502. The summed E-state index contributed by atoms with van der Waals surface area (Å²) in [5, 5.41) is 11.7. The molecular formula is C22H19FN2O4. The van der Waals surface area contributed by atoms with E-state index in [0.717, 1.165) is 16.5 Å². The summed E-state index contributed by atoms with van der Waals surface area (Å²) in [6.07, 6.45) is 0.0867. The van der Waals surface area contributed by atoms with Crippen LogP contribution in [0.1, 0.15) is 41.2 Å². The Hall–Kier alpha value is -3.06. The van der Waals surface area contributed by atoms with Crippen LogP contribution in [0.25, 0.3) is 22.3 Å². The molecule has 0 amide bonds. The normalized spacial score (nSPS) is 19.7. The molecule has 1 N–H and O–H groups in total. The summed E-state index contributed by atoms with van der Waals surface area (Å²) < 4.78 is 20.9. The first kappa shape index (κ1) is 18.0. The van der Waals surface area contributed by atoms with Crippen LogP contribution in [0.4, 0.5) is 4.39 Å². The van der Waals surface area contributed by atoms with Crippen LogP contribution in [0, 0.1) is 19.7 Å². The van der Waals surface area contributed by atoms with Crippen LogP contribution in [-0.4, -0.2) is 20.6 Å². The van der Waals surface area contributed by atoms with Crippen molar-refractivity contribution in [3.05, 3.63) is 62.2 Å². The van der Waals surface area contributed by atoms with Crippen LogP contribution in [0.2, 0.25) is 0 Å². The number of ether oxygens (including phenoxy) is 1. The van der Waals surface area contributed by atoms with Gasteiger partial charge in [-0.1, -0.05) is 6.92 Å². The van der Waals surface area contributed by atoms with Gasteiger partial charge in [-0.2, -0.15) is 0 Å². The number of rotatable bonds is 1. The van der Waals surface area contributed by atoms with E-state index < -0.39 is 11.6 Å². The van der Waals surface area contributed by atoms with Crippen molar-refractivity contribution in [3.8, 4) is 11.4 Å². The van der Waals surface area contributed by atoms with Gasteiger partial charge in [0.25, 0.3) is 5.56 Å². The lowest BCUT2D eigenvalue weighted by atomic mass is 9.86. The molecule has 3 aromatic rings. The van der Waals surface area contributed by atoms with Gasteiger partial charge in [0.05, 0.1) is 29.0 Å². The molecular weight excluding hydrogens is 375 g/mol. The average molecular weight is 394 g/mol. The second-order valence-electron chi connectivity index (χ2n) is 7.77. The largest absolute Gasteiger partial charge is 0.458 e. The van der Waals surface area contributed by atoms with Crippen LogP contribution >= 0.6 is 0 Å². The van der Waals surface area contributed by atoms with Gasteiger partial charge >= 0.3 is 5.97 Å². The zero-order valence-corrected chi connectivity index (χ0v) is 16.3. The fourth-order valence-electron chi connectivity index (χ4n) is 4.35. The summed E-state index contributed by atoms with van der Waals surface area (Å²) in [6, 6.07) is 5.00. The molecule has 29 heavy (non-hydrogen) atoms. The first-order valence-corrected chi connectivity index (χ1v) is 9.52. The number of aryl methyl sites for hydroxylation is 1. The average Bonchev–Trinajstić information content (AvgIpc) is 3.06. The summed E-state index contributed by atoms with van der Waals surface area (Å²) in [5.41, 5.74) is 2.22. The maximum absolute atomic E-state index is 14.3. The number of carbonyl (C=O) groups is 1. The Balaban J connectivity index is 1.81. The molecule has 0 fully saturated rings. The minimum atomic E-state index is -1.86. The Morgan fingerprint density at radius 2 is 2.00 bits per heavy atom. The Kier molecular flexibility index (Phi) is 3.56. The highest BCUT2D eigenvalue weighted by Crippen LogP contribution is 2.39. The molecule has 0 radical (unpaired) electrons. The number of halogens is 1. The van der Waals surface area contributed by atoms with Crippen LogP contribution in [-0.2, 0) is 28.3 Å². The van der Waals surface area contributed by atoms with Gasteiger partial charge < -0.3 is 14.4 Å². The number of benzene rings is 1. The van der Waals surface area contributed by atoms with Crippen molar-refractivity contribution in [1.29, 1.82) is 0 Å². The van der Waals surface area contributed by atoms with E-state index in [1.54, 1.807) is 24.5 Å². The van der Waals surface area contributed by atoms with Gasteiger partial charge in [0.2, 0.25) is 0 Å². The molecule has 6 nitrogen and oxygen atoms in total. The number of aromatic nitrogens is 2. The highest BCUT2D eigenvalue weighted by Gasteiger charge is 2.45. The molecule has 2 aliphatic heterocycles. The van der Waals surface area contributed by atoms with E-state index in [2.05, 4.69) is 4.98 Å². The molecule has 148 valence electrons. The summed E-state index contributed by atoms with van der Waals surface area (Å²) in [4.78, 5) is 30.0. The monoisotopic (exact) mass is 394 g/mol. The van der Waals surface area contributed by atoms with E-state index in [0.29, 0.717) is 29.0 Å². The third-order valence-corrected chi connectivity index (χ3v) is 6.33. The maximum Gasteiger partial charge on any atom is 0.343 e. The van der Waals surface area contributed by atoms with Crippen molar-refractivity contribution in [3.63, 3.8) is 0 Å². The van der Waals surface area contributed by atoms with E-state index in [1.165, 1.54) is 6.07 Å². The molecule has 1 aromatic carbocycles. The zero-order valence-electron chi connectivity index (χ0n) is 16.3. The van der Waals surface area contributed by atoms with Gasteiger partial charge in [0.1, 0.15) is 12.4 Å². The highest BCUT2D eigenvalue weighted by molar-refractivity contribution is 5.88. The molecule has 0 saturated heterocycles. The molecule has 0 bridgehead atoms. The molecule has 0 unspecified atom stereocenters. The van der Waals surface area contributed by atoms with Gasteiger partial charge in [0, 0.05) is 22.6 Å². The molecule has 2 aromatic heterocycles. The van der Waals surface area contributed by atoms with Crippen molar-refractivity contribution < 1.29 is 19.0 Å². The lowest BCUT2D eigenvalue weighted by Gasteiger charge is -2.31. The third kappa shape index (κ3) is 2.22. The minimum absolute atomic E-state index is 0.0867. The summed E-state index contributed by atoms with van der Waals surface area (Å²) in [6.45, 7) is 5.41. The number of pyridine rings is 2. The number of cyclic esters (lactones) is 1. The second-order valence-corrected chi connectivity index (χ2v) is 7.77. The molecule has 7 heteroatoms. The van der Waals surface area contributed by atoms with E-state index >= 15 is 0 Å². The Morgan fingerprint density at radius 3 is 2.72 bits per heavy atom. The molecule has 4 heterocycles. The molecule has 5 rings (SSSR count). The topological polar surface area (TPSA) is 81.4 Å². The fraction of sp³-hybridized carbons (Fsp3) is 0.318. The second kappa shape index (κ2) is 5.73. The molecule has 1 atom stereocenters. The number of hydrogen-bond acceptors (Lipinski definition) is 5. The van der Waals surface area contributed by atoms with Crippen molar-refractivity contribution in [2.75, 3.05) is 0 Å². The van der Waals surface area contributed by atoms with Crippen molar-refractivity contribution in [2.45, 2.75) is 45.9 Å². The van der Waals surface area contributed by atoms with Crippen LogP contribution in [0.3, 0.4) is 0 Å². The number of fused-ring (bicyclic) bond motifs is 5. The van der Waals surface area contributed by atoms with Crippen LogP contribution in [0.5, 0.6) is 0 Å². The number of esters is 1. The van der Waals surface area contributed by atoms with E-state index in [-0.39, 0.29) is 35.5 Å². The molecule has 0 spiro atoms. The Labute approximate surface area is 165 Å². The lowest BCUT2D eigenvalue weighted by molar-refractivity contribution is -0.172. The summed E-state index contributed by atoms with van der Waals surface area (Å²) in [5.74, 6) is -1.08. The molecule has 0 aliphatic carbocycles. The first-order valence-electron chi connectivity index (χ1n) is 9.52. The van der Waals surface area contributed by atoms with Crippen molar-refractivity contribution in [1.82, 2.24) is 9.55 Å². The SMILES string of the molecule is CC[C@@]1(O)C(=O)OCc2c1cc1n(c2=O)Cc2cc3c(C)c(C)c(F)cc3nc2-1. The van der Waals surface area contributed by atoms with Gasteiger partial charge in [-0.15, -0.1) is 0 Å². The van der Waals surface area contributed by atoms with E-state index in [4.69, 9.17) is 4.74 Å². The van der Waals surface area contributed by atoms with Gasteiger partial charge in [-0.25, -0.2) is 14.2 Å². The van der Waals surface area contributed by atoms with Gasteiger partial charge in [-0.3, -0.25) is 4.79 Å². The lowest BCUT2D eigenvalue weighted by Crippen LogP contribution is -2.44. The van der Waals surface area contributed by atoms with E-state index in [9.17, 15) is 19.1 Å². The van der Waals surface area contributed by atoms with Crippen LogP contribution in [0.15, 0.2) is 23.0 Å².